The molecular formula is C16H14FN3S. The van der Waals surface area contributed by atoms with Gasteiger partial charge < -0.3 is 5.73 Å². The Morgan fingerprint density at radius 3 is 2.67 bits per heavy atom. The molecule has 0 aliphatic carbocycles. The van der Waals surface area contributed by atoms with Crippen LogP contribution in [0.3, 0.4) is 0 Å². The Morgan fingerprint density at radius 1 is 1.14 bits per heavy atom. The molecule has 3 nitrogen and oxygen atoms in total. The Bertz CT molecular complexity index is 740. The van der Waals surface area contributed by atoms with Gasteiger partial charge in [0.05, 0.1) is 11.9 Å². The normalized spacial score (nSPS) is 10.8. The van der Waals surface area contributed by atoms with E-state index in [1.54, 1.807) is 12.3 Å². The summed E-state index contributed by atoms with van der Waals surface area (Å²) in [5, 5.41) is 0.664. The molecule has 3 rings (SSSR count). The number of halogens is 1. The summed E-state index contributed by atoms with van der Waals surface area (Å²) in [7, 11) is 0. The van der Waals surface area contributed by atoms with Gasteiger partial charge in [0.15, 0.2) is 5.82 Å². The van der Waals surface area contributed by atoms with E-state index < -0.39 is 0 Å². The Labute approximate surface area is 126 Å². The van der Waals surface area contributed by atoms with Crippen molar-refractivity contribution in [1.29, 1.82) is 0 Å². The lowest BCUT2D eigenvalue weighted by Crippen LogP contribution is -2.02. The number of benzene rings is 1. The van der Waals surface area contributed by atoms with Crippen LogP contribution in [0.5, 0.6) is 0 Å². The molecule has 0 fully saturated rings. The van der Waals surface area contributed by atoms with Crippen molar-refractivity contribution >= 4 is 11.3 Å². The molecule has 0 spiro atoms. The lowest BCUT2D eigenvalue weighted by atomic mass is 10.1. The smallest absolute Gasteiger partial charge is 0.151 e. The van der Waals surface area contributed by atoms with Gasteiger partial charge in [-0.25, -0.2) is 9.37 Å². The largest absolute Gasteiger partial charge is 0.330 e. The second-order valence-electron chi connectivity index (χ2n) is 4.55. The Morgan fingerprint density at radius 2 is 1.95 bits per heavy atom. The van der Waals surface area contributed by atoms with Crippen LogP contribution in [0.1, 0.15) is 4.88 Å². The molecule has 0 aliphatic heterocycles. The predicted molar refractivity (Wildman–Crippen MR) is 83.5 cm³/mol. The molecule has 106 valence electrons. The van der Waals surface area contributed by atoms with Crippen LogP contribution >= 0.6 is 11.3 Å². The second kappa shape index (κ2) is 6.11. The molecule has 0 saturated heterocycles. The molecule has 0 amide bonds. The summed E-state index contributed by atoms with van der Waals surface area (Å²) in [5.74, 6) is -0.356. The van der Waals surface area contributed by atoms with Crippen LogP contribution in [0.15, 0.2) is 48.8 Å². The van der Waals surface area contributed by atoms with Crippen molar-refractivity contribution in [2.45, 2.75) is 6.42 Å². The van der Waals surface area contributed by atoms with Crippen molar-refractivity contribution in [3.05, 3.63) is 59.5 Å². The summed E-state index contributed by atoms with van der Waals surface area (Å²) in [6, 6.07) is 11.5. The van der Waals surface area contributed by atoms with E-state index >= 15 is 0 Å². The zero-order valence-corrected chi connectivity index (χ0v) is 12.1. The van der Waals surface area contributed by atoms with Crippen LogP contribution in [0.2, 0.25) is 0 Å². The maximum Gasteiger partial charge on any atom is 0.151 e. The molecule has 5 heteroatoms. The Hall–Kier alpha value is -2.11. The third-order valence-electron chi connectivity index (χ3n) is 3.12. The maximum atomic E-state index is 13.9. The van der Waals surface area contributed by atoms with Gasteiger partial charge in [0, 0.05) is 22.2 Å². The van der Waals surface area contributed by atoms with E-state index in [-0.39, 0.29) is 5.82 Å². The highest BCUT2D eigenvalue weighted by atomic mass is 32.1. The van der Waals surface area contributed by atoms with E-state index in [4.69, 9.17) is 5.73 Å². The topological polar surface area (TPSA) is 51.8 Å². The average molecular weight is 299 g/mol. The van der Waals surface area contributed by atoms with Crippen molar-refractivity contribution in [2.24, 2.45) is 5.73 Å². The predicted octanol–water partition coefficient (Wildman–Crippen LogP) is 3.51. The minimum Gasteiger partial charge on any atom is -0.330 e. The SMILES string of the molecule is NCCc1sc(-c2ccncc2F)nc1-c1ccccc1. The first-order valence-electron chi connectivity index (χ1n) is 6.64. The van der Waals surface area contributed by atoms with Crippen LogP contribution in [-0.4, -0.2) is 16.5 Å². The summed E-state index contributed by atoms with van der Waals surface area (Å²) in [4.78, 5) is 9.48. The van der Waals surface area contributed by atoms with Crippen molar-refractivity contribution in [3.8, 4) is 21.8 Å². The second-order valence-corrected chi connectivity index (χ2v) is 5.63. The summed E-state index contributed by atoms with van der Waals surface area (Å²) in [5.41, 5.74) is 8.07. The van der Waals surface area contributed by atoms with E-state index in [1.807, 2.05) is 30.3 Å². The number of pyridine rings is 1. The lowest BCUT2D eigenvalue weighted by Gasteiger charge is -2.00. The zero-order chi connectivity index (χ0) is 14.7. The van der Waals surface area contributed by atoms with E-state index in [2.05, 4.69) is 9.97 Å². The first-order chi connectivity index (χ1) is 10.3. The van der Waals surface area contributed by atoms with E-state index in [0.29, 0.717) is 17.1 Å². The minimum atomic E-state index is -0.356. The Kier molecular flexibility index (Phi) is 4.03. The first-order valence-corrected chi connectivity index (χ1v) is 7.46. The van der Waals surface area contributed by atoms with Crippen LogP contribution in [0.4, 0.5) is 4.39 Å². The molecule has 21 heavy (non-hydrogen) atoms. The number of thiazole rings is 1. The van der Waals surface area contributed by atoms with E-state index in [1.165, 1.54) is 17.5 Å². The molecule has 2 N–H and O–H groups in total. The molecule has 0 bridgehead atoms. The summed E-state index contributed by atoms with van der Waals surface area (Å²) >= 11 is 1.49. The van der Waals surface area contributed by atoms with Crippen LogP contribution < -0.4 is 5.73 Å². The highest BCUT2D eigenvalue weighted by Crippen LogP contribution is 2.34. The molecule has 2 aromatic heterocycles. The van der Waals surface area contributed by atoms with Gasteiger partial charge in [-0.1, -0.05) is 30.3 Å². The number of hydrogen-bond acceptors (Lipinski definition) is 4. The quantitative estimate of drug-likeness (QED) is 0.802. The third-order valence-corrected chi connectivity index (χ3v) is 4.27. The fourth-order valence-corrected chi connectivity index (χ4v) is 3.26. The van der Waals surface area contributed by atoms with Crippen molar-refractivity contribution in [2.75, 3.05) is 6.54 Å². The standard InChI is InChI=1S/C16H14FN3S/c17-13-10-19-9-7-12(13)16-20-15(14(21-16)6-8-18)11-4-2-1-3-5-11/h1-5,7,9-10H,6,8,18H2. The monoisotopic (exact) mass is 299 g/mol. The van der Waals surface area contributed by atoms with Crippen LogP contribution in [0.25, 0.3) is 21.8 Å². The van der Waals surface area contributed by atoms with Gasteiger partial charge in [-0.15, -0.1) is 11.3 Å². The zero-order valence-electron chi connectivity index (χ0n) is 11.3. The number of aromatic nitrogens is 2. The summed E-state index contributed by atoms with van der Waals surface area (Å²) in [6.45, 7) is 0.542. The number of hydrogen-bond donors (Lipinski definition) is 1. The molecule has 0 saturated carbocycles. The van der Waals surface area contributed by atoms with Crippen molar-refractivity contribution in [3.63, 3.8) is 0 Å². The lowest BCUT2D eigenvalue weighted by molar-refractivity contribution is 0.625. The number of nitrogens with zero attached hydrogens (tertiary/aromatic N) is 2. The van der Waals surface area contributed by atoms with Crippen LogP contribution in [0, 0.1) is 5.82 Å². The molecule has 0 radical (unpaired) electrons. The molecule has 1 aromatic carbocycles. The highest BCUT2D eigenvalue weighted by Gasteiger charge is 2.15. The number of nitrogens with two attached hydrogens (primary N) is 1. The molecule has 0 atom stereocenters. The number of rotatable bonds is 4. The van der Waals surface area contributed by atoms with Gasteiger partial charge in [0.2, 0.25) is 0 Å². The van der Waals surface area contributed by atoms with Crippen LogP contribution in [-0.2, 0) is 6.42 Å². The Balaban J connectivity index is 2.11. The van der Waals surface area contributed by atoms with Gasteiger partial charge >= 0.3 is 0 Å². The summed E-state index contributed by atoms with van der Waals surface area (Å²) < 4.78 is 13.9. The molecule has 3 aromatic rings. The maximum absolute atomic E-state index is 13.9. The molecule has 0 aliphatic rings. The molecular weight excluding hydrogens is 285 g/mol. The average Bonchev–Trinajstić information content (AvgIpc) is 2.93. The first kappa shape index (κ1) is 13.9. The van der Waals surface area contributed by atoms with Crippen molar-refractivity contribution in [1.82, 2.24) is 9.97 Å². The summed E-state index contributed by atoms with van der Waals surface area (Å²) in [6.07, 6.45) is 3.51. The minimum absolute atomic E-state index is 0.356. The van der Waals surface area contributed by atoms with E-state index in [9.17, 15) is 4.39 Å². The fraction of sp³-hybridized carbons (Fsp3) is 0.125. The van der Waals surface area contributed by atoms with Gasteiger partial charge in [0.25, 0.3) is 0 Å². The molecule has 0 unspecified atom stereocenters. The van der Waals surface area contributed by atoms with Gasteiger partial charge in [-0.2, -0.15) is 0 Å². The highest BCUT2D eigenvalue weighted by molar-refractivity contribution is 7.15. The van der Waals surface area contributed by atoms with Crippen molar-refractivity contribution < 1.29 is 4.39 Å². The van der Waals surface area contributed by atoms with Gasteiger partial charge in [-0.05, 0) is 19.0 Å². The fourth-order valence-electron chi connectivity index (χ4n) is 2.14. The molecule has 2 heterocycles. The van der Waals surface area contributed by atoms with Gasteiger partial charge in [0.1, 0.15) is 5.01 Å². The van der Waals surface area contributed by atoms with Gasteiger partial charge in [-0.3, -0.25) is 4.98 Å². The third kappa shape index (κ3) is 2.84. The van der Waals surface area contributed by atoms with E-state index in [0.717, 1.165) is 22.6 Å².